The third-order valence-electron chi connectivity index (χ3n) is 2.58. The minimum atomic E-state index is -0.683. The number of nitrogens with zero attached hydrogens (tertiary/aromatic N) is 1. The average Bonchev–Trinajstić information content (AvgIpc) is 2.98. The van der Waals surface area contributed by atoms with Gasteiger partial charge < -0.3 is 9.15 Å². The summed E-state index contributed by atoms with van der Waals surface area (Å²) in [6.45, 7) is 0. The summed E-state index contributed by atoms with van der Waals surface area (Å²) in [5.74, 6) is -0.231. The van der Waals surface area contributed by atoms with Gasteiger partial charge in [-0.05, 0) is 17.7 Å². The van der Waals surface area contributed by atoms with Crippen LogP contribution in [0.2, 0.25) is 0 Å². The molecule has 0 N–H and O–H groups in total. The molecule has 94 valence electrons. The molecule has 1 aromatic carbocycles. The summed E-state index contributed by atoms with van der Waals surface area (Å²) in [6.07, 6.45) is 1.49. The van der Waals surface area contributed by atoms with Crippen molar-refractivity contribution >= 4 is 11.5 Å². The molecule has 2 rings (SSSR count). The van der Waals surface area contributed by atoms with Crippen molar-refractivity contribution in [3.63, 3.8) is 0 Å². The number of methoxy groups -OCH3 is 1. The molecule has 0 atom stereocenters. The molecule has 0 saturated heterocycles. The van der Waals surface area contributed by atoms with E-state index in [0.29, 0.717) is 11.3 Å². The fourth-order valence-corrected chi connectivity index (χ4v) is 1.74. The van der Waals surface area contributed by atoms with Gasteiger partial charge in [0.1, 0.15) is 17.4 Å². The monoisotopic (exact) mass is 253 g/mol. The van der Waals surface area contributed by atoms with Crippen LogP contribution < -0.4 is 0 Å². The van der Waals surface area contributed by atoms with E-state index in [1.807, 2.05) is 24.3 Å². The Morgan fingerprint density at radius 2 is 1.95 bits per heavy atom. The van der Waals surface area contributed by atoms with Gasteiger partial charge in [0.05, 0.1) is 13.4 Å². The van der Waals surface area contributed by atoms with E-state index in [0.717, 1.165) is 5.56 Å². The first kappa shape index (κ1) is 12.7. The largest absolute Gasteiger partial charge is 0.465 e. The highest BCUT2D eigenvalue weighted by atomic mass is 16.5. The predicted molar refractivity (Wildman–Crippen MR) is 68.8 cm³/mol. The molecule has 4 heteroatoms. The molecule has 0 aliphatic heterocycles. The maximum Gasteiger partial charge on any atom is 0.349 e. The molecule has 1 aromatic heterocycles. The van der Waals surface area contributed by atoms with Crippen LogP contribution >= 0.6 is 0 Å². The molecular formula is C15H11NO3. The minimum absolute atomic E-state index is 0.0800. The number of hydrogen-bond acceptors (Lipinski definition) is 4. The molecule has 0 bridgehead atoms. The normalized spacial score (nSPS) is 11.4. The molecule has 4 nitrogen and oxygen atoms in total. The second kappa shape index (κ2) is 5.69. The first-order valence-corrected chi connectivity index (χ1v) is 5.60. The Morgan fingerprint density at radius 3 is 2.47 bits per heavy atom. The van der Waals surface area contributed by atoms with Crippen LogP contribution in [0.25, 0.3) is 5.57 Å². The van der Waals surface area contributed by atoms with E-state index in [1.165, 1.54) is 13.4 Å². The number of rotatable bonds is 3. The number of furan rings is 1. The number of ether oxygens (including phenoxy) is 1. The molecule has 0 radical (unpaired) electrons. The fourth-order valence-electron chi connectivity index (χ4n) is 1.74. The van der Waals surface area contributed by atoms with Crippen molar-refractivity contribution in [2.75, 3.05) is 7.11 Å². The van der Waals surface area contributed by atoms with Gasteiger partial charge in [-0.2, -0.15) is 5.26 Å². The third kappa shape index (κ3) is 2.55. The molecule has 2 aromatic rings. The number of hydrogen-bond donors (Lipinski definition) is 0. The second-order valence-corrected chi connectivity index (χ2v) is 3.70. The fraction of sp³-hybridized carbons (Fsp3) is 0.0667. The van der Waals surface area contributed by atoms with Crippen LogP contribution in [0.3, 0.4) is 0 Å². The highest BCUT2D eigenvalue weighted by Crippen LogP contribution is 2.27. The van der Waals surface area contributed by atoms with Gasteiger partial charge in [-0.1, -0.05) is 30.3 Å². The molecular weight excluding hydrogens is 242 g/mol. The Kier molecular flexibility index (Phi) is 3.79. The lowest BCUT2D eigenvalue weighted by Gasteiger charge is -2.07. The van der Waals surface area contributed by atoms with Gasteiger partial charge in [-0.15, -0.1) is 0 Å². The molecule has 0 unspecified atom stereocenters. The minimum Gasteiger partial charge on any atom is -0.465 e. The summed E-state index contributed by atoms with van der Waals surface area (Å²) in [7, 11) is 1.24. The quantitative estimate of drug-likeness (QED) is 0.479. The van der Waals surface area contributed by atoms with E-state index < -0.39 is 5.97 Å². The van der Waals surface area contributed by atoms with Gasteiger partial charge in [0.25, 0.3) is 0 Å². The molecule has 0 aliphatic carbocycles. The van der Waals surface area contributed by atoms with E-state index >= 15 is 0 Å². The predicted octanol–water partition coefficient (Wildman–Crippen LogP) is 2.78. The third-order valence-corrected chi connectivity index (χ3v) is 2.58. The Bertz CT molecular complexity index is 634. The average molecular weight is 253 g/mol. The van der Waals surface area contributed by atoms with Crippen molar-refractivity contribution in [3.05, 3.63) is 65.6 Å². The lowest BCUT2D eigenvalue weighted by molar-refractivity contribution is -0.135. The molecule has 0 fully saturated rings. The Labute approximate surface area is 110 Å². The standard InChI is InChI=1S/C15H11NO3/c1-18-15(17)12(10-16)14(13-8-5-9-19-13)11-6-3-2-4-7-11/h2-9H,1H3/b14-12+. The van der Waals surface area contributed by atoms with Gasteiger partial charge in [-0.3, -0.25) is 0 Å². The highest BCUT2D eigenvalue weighted by molar-refractivity contribution is 6.04. The molecule has 0 aliphatic rings. The van der Waals surface area contributed by atoms with E-state index in [2.05, 4.69) is 4.74 Å². The Balaban J connectivity index is 2.69. The molecule has 0 spiro atoms. The van der Waals surface area contributed by atoms with Crippen molar-refractivity contribution in [1.82, 2.24) is 0 Å². The Hall–Kier alpha value is -2.80. The molecule has 0 amide bonds. The summed E-state index contributed by atoms with van der Waals surface area (Å²) in [6, 6.07) is 14.4. The van der Waals surface area contributed by atoms with Crippen molar-refractivity contribution in [1.29, 1.82) is 5.26 Å². The van der Waals surface area contributed by atoms with Crippen LogP contribution in [0.5, 0.6) is 0 Å². The van der Waals surface area contributed by atoms with Crippen LogP contribution in [0.1, 0.15) is 11.3 Å². The maximum absolute atomic E-state index is 11.7. The zero-order valence-electron chi connectivity index (χ0n) is 10.3. The van der Waals surface area contributed by atoms with Crippen LogP contribution in [0.15, 0.2) is 58.7 Å². The van der Waals surface area contributed by atoms with E-state index in [-0.39, 0.29) is 5.57 Å². The van der Waals surface area contributed by atoms with E-state index in [1.54, 1.807) is 24.3 Å². The lowest BCUT2D eigenvalue weighted by Crippen LogP contribution is -2.06. The maximum atomic E-state index is 11.7. The second-order valence-electron chi connectivity index (χ2n) is 3.70. The number of nitriles is 1. The summed E-state index contributed by atoms with van der Waals surface area (Å²) in [4.78, 5) is 11.7. The van der Waals surface area contributed by atoms with Crippen LogP contribution in [-0.4, -0.2) is 13.1 Å². The number of carbonyl (C=O) groups excluding carboxylic acids is 1. The smallest absolute Gasteiger partial charge is 0.349 e. The topological polar surface area (TPSA) is 63.2 Å². The summed E-state index contributed by atoms with van der Waals surface area (Å²) in [5.41, 5.74) is 1.07. The summed E-state index contributed by atoms with van der Waals surface area (Å²) >= 11 is 0. The number of benzene rings is 1. The van der Waals surface area contributed by atoms with Crippen LogP contribution in [0.4, 0.5) is 0 Å². The van der Waals surface area contributed by atoms with Crippen molar-refractivity contribution in [2.24, 2.45) is 0 Å². The zero-order valence-corrected chi connectivity index (χ0v) is 10.3. The molecule has 19 heavy (non-hydrogen) atoms. The number of carbonyl (C=O) groups is 1. The van der Waals surface area contributed by atoms with E-state index in [9.17, 15) is 10.1 Å². The van der Waals surface area contributed by atoms with Crippen molar-refractivity contribution < 1.29 is 13.9 Å². The van der Waals surface area contributed by atoms with E-state index in [4.69, 9.17) is 4.42 Å². The van der Waals surface area contributed by atoms with Gasteiger partial charge >= 0.3 is 5.97 Å². The highest BCUT2D eigenvalue weighted by Gasteiger charge is 2.20. The lowest BCUT2D eigenvalue weighted by atomic mass is 9.98. The van der Waals surface area contributed by atoms with Crippen molar-refractivity contribution in [2.45, 2.75) is 0 Å². The van der Waals surface area contributed by atoms with Crippen molar-refractivity contribution in [3.8, 4) is 6.07 Å². The summed E-state index contributed by atoms with van der Waals surface area (Å²) in [5, 5.41) is 9.21. The SMILES string of the molecule is COC(=O)/C(C#N)=C(\c1ccccc1)c1ccco1. The zero-order chi connectivity index (χ0) is 13.7. The first-order chi connectivity index (χ1) is 9.27. The van der Waals surface area contributed by atoms with Gasteiger partial charge in [0.15, 0.2) is 0 Å². The van der Waals surface area contributed by atoms with Crippen LogP contribution in [-0.2, 0) is 9.53 Å². The van der Waals surface area contributed by atoms with Gasteiger partial charge in [-0.25, -0.2) is 4.79 Å². The Morgan fingerprint density at radius 1 is 1.21 bits per heavy atom. The molecule has 1 heterocycles. The summed E-state index contributed by atoms with van der Waals surface area (Å²) < 4.78 is 9.95. The van der Waals surface area contributed by atoms with Gasteiger partial charge in [0, 0.05) is 5.57 Å². The number of esters is 1. The van der Waals surface area contributed by atoms with Gasteiger partial charge in [0.2, 0.25) is 0 Å². The molecule has 0 saturated carbocycles. The van der Waals surface area contributed by atoms with Crippen LogP contribution in [0, 0.1) is 11.3 Å². The first-order valence-electron chi connectivity index (χ1n) is 5.60.